The summed E-state index contributed by atoms with van der Waals surface area (Å²) in [6.45, 7) is 6.50. The monoisotopic (exact) mass is 793 g/mol. The number of piperidine rings is 3. The largest absolute Gasteiger partial charge is 0.508 e. The fourth-order valence-corrected chi connectivity index (χ4v) is 10.8. The minimum atomic E-state index is -2.38. The van der Waals surface area contributed by atoms with Gasteiger partial charge in [-0.25, -0.2) is 8.78 Å². The van der Waals surface area contributed by atoms with E-state index in [0.29, 0.717) is 32.6 Å². The van der Waals surface area contributed by atoms with Crippen LogP contribution in [0.1, 0.15) is 106 Å². The van der Waals surface area contributed by atoms with Gasteiger partial charge in [-0.3, -0.25) is 39.1 Å². The highest BCUT2D eigenvalue weighted by molar-refractivity contribution is 6.23. The Labute approximate surface area is 336 Å². The Morgan fingerprint density at radius 2 is 1.50 bits per heavy atom. The molecule has 0 saturated carbocycles. The first-order chi connectivity index (χ1) is 27.9. The van der Waals surface area contributed by atoms with Gasteiger partial charge >= 0.3 is 0 Å². The van der Waals surface area contributed by atoms with Gasteiger partial charge in [0.15, 0.2) is 0 Å². The van der Waals surface area contributed by atoms with Crippen molar-refractivity contribution >= 4 is 35.2 Å². The molecule has 3 fully saturated rings. The number of alkyl halides is 2. The summed E-state index contributed by atoms with van der Waals surface area (Å²) in [5, 5.41) is 12.4. The molecule has 58 heavy (non-hydrogen) atoms. The number of fused-ring (bicyclic) bond motifs is 3. The maximum Gasteiger partial charge on any atom is 0.262 e. The molecule has 5 aliphatic heterocycles. The summed E-state index contributed by atoms with van der Waals surface area (Å²) in [6, 6.07) is 16.3. The number of halogens is 2. The number of phenols is 1. The Balaban J connectivity index is 0.777. The first kappa shape index (κ1) is 38.4. The van der Waals surface area contributed by atoms with Crippen LogP contribution < -0.4 is 10.2 Å². The van der Waals surface area contributed by atoms with Gasteiger partial charge in [0.1, 0.15) is 11.8 Å². The third-order valence-corrected chi connectivity index (χ3v) is 14.1. The Kier molecular flexibility index (Phi) is 9.85. The average Bonchev–Trinajstić information content (AvgIpc) is 3.70. The molecule has 9 rings (SSSR count). The number of nitrogens with zero attached hydrogens (tertiary/aromatic N) is 4. The number of benzene rings is 3. The highest BCUT2D eigenvalue weighted by Crippen LogP contribution is 2.48. The number of phenolic OH excluding ortho intramolecular Hbond substituents is 1. The van der Waals surface area contributed by atoms with Gasteiger partial charge in [0.25, 0.3) is 11.8 Å². The van der Waals surface area contributed by atoms with Crippen molar-refractivity contribution in [3.8, 4) is 5.75 Å². The molecule has 11 nitrogen and oxygen atoms in total. The van der Waals surface area contributed by atoms with Crippen LogP contribution in [0.25, 0.3) is 0 Å². The third-order valence-electron chi connectivity index (χ3n) is 14.1. The quantitative estimate of drug-likeness (QED) is 0.296. The molecular weight excluding hydrogens is 745 g/mol. The lowest BCUT2D eigenvalue weighted by Crippen LogP contribution is -2.54. The predicted molar refractivity (Wildman–Crippen MR) is 210 cm³/mol. The van der Waals surface area contributed by atoms with Gasteiger partial charge in [0, 0.05) is 63.7 Å². The van der Waals surface area contributed by atoms with Crippen molar-refractivity contribution in [2.45, 2.75) is 89.8 Å². The van der Waals surface area contributed by atoms with E-state index in [1.165, 1.54) is 0 Å². The summed E-state index contributed by atoms with van der Waals surface area (Å²) in [5.41, 5.74) is 6.71. The second-order valence-electron chi connectivity index (χ2n) is 17.6. The van der Waals surface area contributed by atoms with E-state index in [9.17, 15) is 37.9 Å². The van der Waals surface area contributed by atoms with E-state index >= 15 is 0 Å². The molecule has 2 N–H and O–H groups in total. The molecule has 4 atom stereocenters. The Morgan fingerprint density at radius 1 is 0.862 bits per heavy atom. The van der Waals surface area contributed by atoms with Gasteiger partial charge in [0.2, 0.25) is 24.1 Å². The molecule has 13 heteroatoms. The number of hydrogen-bond donors (Lipinski definition) is 2. The number of amides is 5. The second kappa shape index (κ2) is 14.9. The molecule has 1 aliphatic carbocycles. The second-order valence-corrected chi connectivity index (χ2v) is 17.6. The standard InChI is InChI=1S/C45H49F2N5O6/c1-26-18-28-19-32(53)6-7-33(28)41(34(26)22-38(46)47)27-2-4-31(5-3-27)50-14-10-45(11-15-50)12-16-51(17-13-45)40(55)25-49-23-29-20-35-36(21-30(29)24-49)44(58)52(43(35)57)37-8-9-39(54)48-42(37)56/h2-7,19-21,26,34,37-38,41,53H,8-18,22-25H2,1H3,(H,48,54,56)/t26-,34+,37?,41-/m1/s1. The first-order valence-electron chi connectivity index (χ1n) is 20.7. The fourth-order valence-electron chi connectivity index (χ4n) is 10.8. The summed E-state index contributed by atoms with van der Waals surface area (Å²) in [5.74, 6) is -2.10. The number of hydrogen-bond acceptors (Lipinski definition) is 8. The third kappa shape index (κ3) is 6.94. The molecule has 0 aromatic heterocycles. The molecule has 3 aromatic rings. The average molecular weight is 794 g/mol. The van der Waals surface area contributed by atoms with Crippen molar-refractivity contribution in [3.63, 3.8) is 0 Å². The van der Waals surface area contributed by atoms with Crippen LogP contribution >= 0.6 is 0 Å². The smallest absolute Gasteiger partial charge is 0.262 e. The molecule has 1 unspecified atom stereocenters. The fraction of sp³-hybridized carbons (Fsp3) is 0.489. The van der Waals surface area contributed by atoms with E-state index in [0.717, 1.165) is 77.2 Å². The molecular formula is C45H49F2N5O6. The Hall–Kier alpha value is -5.17. The van der Waals surface area contributed by atoms with Crippen molar-refractivity contribution < 1.29 is 37.9 Å². The minimum Gasteiger partial charge on any atom is -0.508 e. The molecule has 5 amide bonds. The molecule has 6 aliphatic rings. The van der Waals surface area contributed by atoms with Gasteiger partial charge in [-0.05, 0) is 120 Å². The summed E-state index contributed by atoms with van der Waals surface area (Å²) < 4.78 is 27.6. The lowest BCUT2D eigenvalue weighted by atomic mass is 9.66. The van der Waals surface area contributed by atoms with Gasteiger partial charge in [-0.1, -0.05) is 25.1 Å². The zero-order valence-corrected chi connectivity index (χ0v) is 32.7. The van der Waals surface area contributed by atoms with E-state index in [1.807, 2.05) is 22.8 Å². The van der Waals surface area contributed by atoms with Crippen molar-refractivity contribution in [2.24, 2.45) is 17.3 Å². The van der Waals surface area contributed by atoms with Crippen LogP contribution in [-0.4, -0.2) is 94.5 Å². The van der Waals surface area contributed by atoms with Crippen LogP contribution in [0, 0.1) is 17.3 Å². The summed E-state index contributed by atoms with van der Waals surface area (Å²) >= 11 is 0. The maximum atomic E-state index is 13.8. The number of likely N-dealkylation sites (tertiary alicyclic amines) is 1. The van der Waals surface area contributed by atoms with Crippen LogP contribution in [0.15, 0.2) is 54.6 Å². The highest BCUT2D eigenvalue weighted by atomic mass is 19.3. The lowest BCUT2D eigenvalue weighted by Gasteiger charge is -2.47. The van der Waals surface area contributed by atoms with E-state index < -0.39 is 36.1 Å². The number of carbonyl (C=O) groups is 5. The summed E-state index contributed by atoms with van der Waals surface area (Å²) in [7, 11) is 0. The van der Waals surface area contributed by atoms with Gasteiger partial charge < -0.3 is 14.9 Å². The SMILES string of the molecule is C[C@@H]1Cc2cc(O)ccc2[C@@H](c2ccc(N3CCC4(CCN(C(=O)CN5Cc6cc7c(cc6C5)C(=O)N(C5CCC(=O)NC5=O)C7=O)CC4)CC3)cc2)[C@H]1CC(F)F. The number of anilines is 1. The van der Waals surface area contributed by atoms with Crippen molar-refractivity contribution in [2.75, 3.05) is 37.6 Å². The molecule has 0 radical (unpaired) electrons. The van der Waals surface area contributed by atoms with E-state index in [1.54, 1.807) is 24.3 Å². The van der Waals surface area contributed by atoms with E-state index in [-0.39, 0.29) is 71.8 Å². The van der Waals surface area contributed by atoms with Crippen LogP contribution in [0.2, 0.25) is 0 Å². The van der Waals surface area contributed by atoms with Gasteiger partial charge in [0.05, 0.1) is 17.7 Å². The number of aromatic hydroxyl groups is 1. The number of carbonyl (C=O) groups excluding carboxylic acids is 5. The van der Waals surface area contributed by atoms with Crippen LogP contribution in [0.5, 0.6) is 5.75 Å². The van der Waals surface area contributed by atoms with E-state index in [2.05, 4.69) is 34.5 Å². The first-order valence-corrected chi connectivity index (χ1v) is 20.7. The molecule has 1 spiro atoms. The zero-order chi connectivity index (χ0) is 40.5. The van der Waals surface area contributed by atoms with Crippen LogP contribution in [-0.2, 0) is 33.9 Å². The normalized spacial score (nSPS) is 25.6. The molecule has 3 aromatic carbocycles. The zero-order valence-electron chi connectivity index (χ0n) is 32.7. The Bertz CT molecular complexity index is 2130. The summed E-state index contributed by atoms with van der Waals surface area (Å²) in [4.78, 5) is 71.6. The topological polar surface area (TPSA) is 131 Å². The predicted octanol–water partition coefficient (Wildman–Crippen LogP) is 5.61. The Morgan fingerprint density at radius 3 is 2.12 bits per heavy atom. The molecule has 0 bridgehead atoms. The van der Waals surface area contributed by atoms with Crippen LogP contribution in [0.3, 0.4) is 0 Å². The van der Waals surface area contributed by atoms with Crippen LogP contribution in [0.4, 0.5) is 14.5 Å². The number of rotatable bonds is 7. The van der Waals surface area contributed by atoms with Crippen molar-refractivity contribution in [1.29, 1.82) is 0 Å². The molecule has 304 valence electrons. The van der Waals surface area contributed by atoms with E-state index in [4.69, 9.17) is 0 Å². The number of imide groups is 2. The lowest BCUT2D eigenvalue weighted by molar-refractivity contribution is -0.137. The number of nitrogens with one attached hydrogen (secondary N) is 1. The van der Waals surface area contributed by atoms with Crippen molar-refractivity contribution in [3.05, 3.63) is 93.5 Å². The highest BCUT2D eigenvalue weighted by Gasteiger charge is 2.46. The molecule has 3 saturated heterocycles. The van der Waals surface area contributed by atoms with Crippen molar-refractivity contribution in [1.82, 2.24) is 20.0 Å². The van der Waals surface area contributed by atoms with Gasteiger partial charge in [-0.15, -0.1) is 0 Å². The van der Waals surface area contributed by atoms with Gasteiger partial charge in [-0.2, -0.15) is 0 Å². The maximum absolute atomic E-state index is 13.8. The molecule has 5 heterocycles. The minimum absolute atomic E-state index is 0.0654. The summed E-state index contributed by atoms with van der Waals surface area (Å²) in [6.07, 6.45) is 2.30.